The summed E-state index contributed by atoms with van der Waals surface area (Å²) in [5.74, 6) is 1.07. The molecule has 0 bridgehead atoms. The number of hydrogen-bond donors (Lipinski definition) is 0. The number of ether oxygens (including phenoxy) is 2. The first-order valence-electron chi connectivity index (χ1n) is 15.5. The zero-order valence-electron chi connectivity index (χ0n) is 28.4. The summed E-state index contributed by atoms with van der Waals surface area (Å²) >= 11 is 0. The molecule has 2 heterocycles. The summed E-state index contributed by atoms with van der Waals surface area (Å²) in [4.78, 5) is 36.1. The molecular weight excluding hydrogens is 514 g/mol. The normalized spacial score (nSPS) is 18.6. The van der Waals surface area contributed by atoms with Crippen molar-refractivity contribution < 1.29 is 19.1 Å². The van der Waals surface area contributed by atoms with Crippen LogP contribution in [-0.2, 0) is 9.47 Å². The van der Waals surface area contributed by atoms with Gasteiger partial charge in [-0.25, -0.2) is 9.78 Å². The second kappa shape index (κ2) is 15.8. The lowest BCUT2D eigenvalue weighted by molar-refractivity contribution is -0.0627. The molecule has 1 atom stereocenters. The standard InChI is InChI=1S/C27H43N3O4.C4H8.C3H8/c1-18(25(3,4)5)15-21-19(2)29-22(16-28-21)23(31)14-12-11-13-20-17-33-27(9,10)30(20)24(32)34-26(6,7)8;1-4-2-3-4;1-3-2/h15-16,20H,11-14,17H2,1-10H3;4H,2-3H2,1H3;3H2,1-2H3/b18-15+;;. The summed E-state index contributed by atoms with van der Waals surface area (Å²) in [5.41, 5.74) is 1.96. The van der Waals surface area contributed by atoms with E-state index < -0.39 is 11.3 Å². The molecule has 0 aromatic carbocycles. The van der Waals surface area contributed by atoms with Gasteiger partial charge in [0, 0.05) is 6.42 Å². The van der Waals surface area contributed by atoms with Gasteiger partial charge in [0.2, 0.25) is 0 Å². The number of Topliss-reactive ketones (excluding diaryl/α,β-unsaturated/α-hetero) is 1. The molecule has 0 radical (unpaired) electrons. The number of nitrogens with zero attached hydrogens (tertiary/aromatic N) is 3. The molecule has 2 fully saturated rings. The molecule has 1 aliphatic carbocycles. The van der Waals surface area contributed by atoms with Crippen molar-refractivity contribution in [2.24, 2.45) is 11.3 Å². The van der Waals surface area contributed by atoms with Gasteiger partial charge >= 0.3 is 6.09 Å². The Labute approximate surface area is 250 Å². The molecule has 1 amide bonds. The SMILES string of the molecule is C/C(=C\c1ncc(C(=O)CCCCC2COC(C)(C)N2C(=O)OC(C)(C)C)nc1C)C(C)(C)C.CC1CC1.CCC. The van der Waals surface area contributed by atoms with Crippen molar-refractivity contribution >= 4 is 18.0 Å². The van der Waals surface area contributed by atoms with E-state index in [1.165, 1.54) is 24.8 Å². The first-order chi connectivity index (χ1) is 18.8. The lowest BCUT2D eigenvalue weighted by Gasteiger charge is -2.35. The van der Waals surface area contributed by atoms with Crippen LogP contribution >= 0.6 is 0 Å². The molecule has 7 heteroatoms. The molecule has 1 saturated heterocycles. The van der Waals surface area contributed by atoms with Crippen LogP contribution < -0.4 is 0 Å². The minimum absolute atomic E-state index is 0.00864. The number of allylic oxidation sites excluding steroid dienone is 1. The maximum Gasteiger partial charge on any atom is 0.412 e. The fourth-order valence-electron chi connectivity index (χ4n) is 3.93. The van der Waals surface area contributed by atoms with Crippen LogP contribution in [0, 0.1) is 18.3 Å². The zero-order chi connectivity index (χ0) is 31.6. The highest BCUT2D eigenvalue weighted by Gasteiger charge is 2.45. The van der Waals surface area contributed by atoms with Crippen LogP contribution in [0.25, 0.3) is 6.08 Å². The van der Waals surface area contributed by atoms with Crippen LogP contribution in [-0.4, -0.2) is 50.7 Å². The number of carbonyl (C=O) groups is 2. The van der Waals surface area contributed by atoms with Gasteiger partial charge in [-0.05, 0) is 78.7 Å². The van der Waals surface area contributed by atoms with E-state index in [0.29, 0.717) is 25.1 Å². The van der Waals surface area contributed by atoms with E-state index in [0.717, 1.165) is 30.1 Å². The average molecular weight is 574 g/mol. The van der Waals surface area contributed by atoms with E-state index in [1.807, 2.05) is 47.6 Å². The third-order valence-corrected chi connectivity index (χ3v) is 7.03. The number of aromatic nitrogens is 2. The van der Waals surface area contributed by atoms with Crippen LogP contribution in [0.2, 0.25) is 0 Å². The van der Waals surface area contributed by atoms with Gasteiger partial charge in [-0.1, -0.05) is 72.8 Å². The number of rotatable bonds is 7. The molecule has 0 spiro atoms. The lowest BCUT2D eigenvalue weighted by atomic mass is 9.87. The molecule has 41 heavy (non-hydrogen) atoms. The number of aryl methyl sites for hydroxylation is 1. The molecule has 234 valence electrons. The maximum absolute atomic E-state index is 12.7. The Bertz CT molecular complexity index is 1010. The highest BCUT2D eigenvalue weighted by molar-refractivity contribution is 5.94. The number of hydrogen-bond acceptors (Lipinski definition) is 6. The average Bonchev–Trinajstić information content (AvgIpc) is 3.55. The van der Waals surface area contributed by atoms with E-state index in [9.17, 15) is 9.59 Å². The van der Waals surface area contributed by atoms with Crippen LogP contribution in [0.5, 0.6) is 0 Å². The van der Waals surface area contributed by atoms with Crippen molar-refractivity contribution in [3.63, 3.8) is 0 Å². The Hall–Kier alpha value is -2.28. The molecule has 3 rings (SSSR count). The van der Waals surface area contributed by atoms with Gasteiger partial charge in [-0.2, -0.15) is 0 Å². The summed E-state index contributed by atoms with van der Waals surface area (Å²) in [7, 11) is 0. The van der Waals surface area contributed by atoms with Crippen LogP contribution in [0.4, 0.5) is 4.79 Å². The number of ketones is 1. The maximum atomic E-state index is 12.7. The van der Waals surface area contributed by atoms with Crippen molar-refractivity contribution in [2.75, 3.05) is 6.61 Å². The summed E-state index contributed by atoms with van der Waals surface area (Å²) in [6.45, 7) is 26.8. The first kappa shape index (κ1) is 36.7. The predicted octanol–water partition coefficient (Wildman–Crippen LogP) is 9.18. The molecule has 1 aromatic rings. The third kappa shape index (κ3) is 13.5. The zero-order valence-corrected chi connectivity index (χ0v) is 28.4. The monoisotopic (exact) mass is 573 g/mol. The van der Waals surface area contributed by atoms with E-state index in [1.54, 1.807) is 11.1 Å². The minimum Gasteiger partial charge on any atom is -0.444 e. The number of carbonyl (C=O) groups excluding carboxylic acids is 2. The molecule has 2 aliphatic rings. The number of unbranched alkanes of at least 4 members (excludes halogenated alkanes) is 1. The minimum atomic E-state index is -0.711. The summed E-state index contributed by atoms with van der Waals surface area (Å²) in [5, 5.41) is 0. The first-order valence-corrected chi connectivity index (χ1v) is 15.5. The summed E-state index contributed by atoms with van der Waals surface area (Å²) in [6, 6.07) is -0.0703. The topological polar surface area (TPSA) is 81.6 Å². The smallest absolute Gasteiger partial charge is 0.412 e. The largest absolute Gasteiger partial charge is 0.444 e. The summed E-state index contributed by atoms with van der Waals surface area (Å²) < 4.78 is 11.4. The Kier molecular flexibility index (Phi) is 14.2. The summed E-state index contributed by atoms with van der Waals surface area (Å²) in [6.07, 6.45) is 10.1. The molecule has 0 N–H and O–H groups in total. The van der Waals surface area contributed by atoms with Gasteiger partial charge in [0.05, 0.1) is 30.2 Å². The highest BCUT2D eigenvalue weighted by atomic mass is 16.6. The quantitative estimate of drug-likeness (QED) is 0.239. The van der Waals surface area contributed by atoms with E-state index in [4.69, 9.17) is 9.47 Å². The molecule has 7 nitrogen and oxygen atoms in total. The highest BCUT2D eigenvalue weighted by Crippen LogP contribution is 2.32. The predicted molar refractivity (Wildman–Crippen MR) is 169 cm³/mol. The van der Waals surface area contributed by atoms with Crippen LogP contribution in [0.15, 0.2) is 11.8 Å². The molecular formula is C34H59N3O4. The Morgan fingerprint density at radius 2 is 1.68 bits per heavy atom. The third-order valence-electron chi connectivity index (χ3n) is 7.03. The van der Waals surface area contributed by atoms with E-state index in [2.05, 4.69) is 58.4 Å². The van der Waals surface area contributed by atoms with E-state index >= 15 is 0 Å². The second-order valence-electron chi connectivity index (χ2n) is 14.1. The Morgan fingerprint density at radius 1 is 1.12 bits per heavy atom. The fourth-order valence-corrected chi connectivity index (χ4v) is 3.93. The molecule has 1 aromatic heterocycles. The van der Waals surface area contributed by atoms with Crippen molar-refractivity contribution in [3.8, 4) is 0 Å². The second-order valence-corrected chi connectivity index (χ2v) is 14.1. The van der Waals surface area contributed by atoms with E-state index in [-0.39, 0.29) is 23.3 Å². The molecule has 1 saturated carbocycles. The van der Waals surface area contributed by atoms with Gasteiger partial charge in [0.1, 0.15) is 17.0 Å². The van der Waals surface area contributed by atoms with Gasteiger partial charge in [-0.15, -0.1) is 0 Å². The van der Waals surface area contributed by atoms with Crippen molar-refractivity contribution in [1.82, 2.24) is 14.9 Å². The Morgan fingerprint density at radius 3 is 2.15 bits per heavy atom. The van der Waals surface area contributed by atoms with Gasteiger partial charge in [0.15, 0.2) is 5.78 Å². The van der Waals surface area contributed by atoms with Crippen molar-refractivity contribution in [2.45, 2.75) is 152 Å². The lowest BCUT2D eigenvalue weighted by Crippen LogP contribution is -2.49. The number of amides is 1. The fraction of sp³-hybridized carbons (Fsp3) is 0.765. The Balaban J connectivity index is 0.00000106. The molecule has 1 unspecified atom stereocenters. The van der Waals surface area contributed by atoms with Crippen molar-refractivity contribution in [3.05, 3.63) is 28.9 Å². The molecule has 1 aliphatic heterocycles. The van der Waals surface area contributed by atoms with Gasteiger partial charge < -0.3 is 9.47 Å². The van der Waals surface area contributed by atoms with Crippen molar-refractivity contribution in [1.29, 1.82) is 0 Å². The van der Waals surface area contributed by atoms with Gasteiger partial charge in [0.25, 0.3) is 0 Å². The van der Waals surface area contributed by atoms with Crippen LogP contribution in [0.3, 0.4) is 0 Å². The van der Waals surface area contributed by atoms with Crippen LogP contribution in [0.1, 0.15) is 150 Å². The van der Waals surface area contributed by atoms with Gasteiger partial charge in [-0.3, -0.25) is 14.7 Å².